The Morgan fingerprint density at radius 2 is 2.04 bits per heavy atom. The first kappa shape index (κ1) is 14.5. The molecule has 0 unspecified atom stereocenters. The summed E-state index contributed by atoms with van der Waals surface area (Å²) in [5.41, 5.74) is 15.1. The average molecular weight is 306 g/mol. The van der Waals surface area contributed by atoms with E-state index in [9.17, 15) is 4.79 Å². The molecule has 4 N–H and O–H groups in total. The molecule has 1 aromatic carbocycles. The Bertz CT molecular complexity index is 850. The first-order valence-corrected chi connectivity index (χ1v) is 6.87. The van der Waals surface area contributed by atoms with E-state index in [2.05, 4.69) is 16.5 Å². The number of hydrogen-bond donors (Lipinski definition) is 2. The molecule has 0 spiro atoms. The summed E-state index contributed by atoms with van der Waals surface area (Å²) < 4.78 is 0. The zero-order valence-electron chi connectivity index (χ0n) is 12.3. The number of rotatable bonds is 3. The molecule has 0 saturated heterocycles. The highest BCUT2D eigenvalue weighted by atomic mass is 16.2. The minimum Gasteiger partial charge on any atom is -0.398 e. The van der Waals surface area contributed by atoms with Gasteiger partial charge in [-0.25, -0.2) is 9.97 Å². The Hall–Kier alpha value is -3.40. The molecule has 0 bridgehead atoms. The summed E-state index contributed by atoms with van der Waals surface area (Å²) >= 11 is 0. The lowest BCUT2D eigenvalue weighted by Crippen LogP contribution is -2.26. The van der Waals surface area contributed by atoms with Crippen LogP contribution in [0.2, 0.25) is 0 Å². The minimum atomic E-state index is -0.202. The van der Waals surface area contributed by atoms with Crippen molar-refractivity contribution in [1.29, 1.82) is 5.26 Å². The number of aromatic nitrogens is 2. The van der Waals surface area contributed by atoms with Gasteiger partial charge in [0, 0.05) is 35.8 Å². The lowest BCUT2D eigenvalue weighted by molar-refractivity contribution is 0.0795. The van der Waals surface area contributed by atoms with Crippen LogP contribution in [0.5, 0.6) is 0 Å². The molecule has 2 aromatic rings. The molecule has 3 rings (SSSR count). The standard InChI is InChI=1S/C16H14N6O/c1-9(4-17)7-22-8-12-11(10-5-20-16(19)21-6-10)2-3-13(18)14(12)15(22)23/h2-3,5-6H,1,7-8,18H2,(H2,19,20,21). The van der Waals surface area contributed by atoms with Crippen molar-refractivity contribution in [3.05, 3.63) is 47.8 Å². The maximum atomic E-state index is 12.6. The molecule has 0 radical (unpaired) electrons. The fourth-order valence-corrected chi connectivity index (χ4v) is 2.64. The van der Waals surface area contributed by atoms with Crippen LogP contribution in [0.3, 0.4) is 0 Å². The summed E-state index contributed by atoms with van der Waals surface area (Å²) in [6, 6.07) is 5.47. The van der Waals surface area contributed by atoms with Crippen LogP contribution < -0.4 is 11.5 Å². The van der Waals surface area contributed by atoms with Crippen molar-refractivity contribution in [2.45, 2.75) is 6.54 Å². The summed E-state index contributed by atoms with van der Waals surface area (Å²) in [5.74, 6) is -0.0176. The molecule has 0 atom stereocenters. The monoisotopic (exact) mass is 306 g/mol. The van der Waals surface area contributed by atoms with E-state index in [4.69, 9.17) is 16.7 Å². The van der Waals surface area contributed by atoms with Crippen LogP contribution in [0, 0.1) is 11.3 Å². The molecule has 0 fully saturated rings. The first-order valence-electron chi connectivity index (χ1n) is 6.87. The Morgan fingerprint density at radius 1 is 1.35 bits per heavy atom. The van der Waals surface area contributed by atoms with Gasteiger partial charge in [-0.15, -0.1) is 0 Å². The zero-order valence-corrected chi connectivity index (χ0v) is 12.3. The predicted octanol–water partition coefficient (Wildman–Crippen LogP) is 1.34. The van der Waals surface area contributed by atoms with E-state index in [1.165, 1.54) is 0 Å². The smallest absolute Gasteiger partial charge is 0.256 e. The number of nitrogens with two attached hydrogens (primary N) is 2. The van der Waals surface area contributed by atoms with Crippen LogP contribution in [0.1, 0.15) is 15.9 Å². The number of hydrogen-bond acceptors (Lipinski definition) is 6. The van der Waals surface area contributed by atoms with E-state index in [0.29, 0.717) is 23.4 Å². The number of fused-ring (bicyclic) bond motifs is 1. The van der Waals surface area contributed by atoms with Gasteiger partial charge in [-0.05, 0) is 17.2 Å². The van der Waals surface area contributed by atoms with Gasteiger partial charge in [0.1, 0.15) is 0 Å². The van der Waals surface area contributed by atoms with Crippen molar-refractivity contribution in [2.75, 3.05) is 18.0 Å². The fourth-order valence-electron chi connectivity index (χ4n) is 2.64. The van der Waals surface area contributed by atoms with Crippen LogP contribution in [0.25, 0.3) is 11.1 Å². The summed E-state index contributed by atoms with van der Waals surface area (Å²) in [7, 11) is 0. The molecule has 7 nitrogen and oxygen atoms in total. The molecular formula is C16H14N6O. The normalized spacial score (nSPS) is 12.8. The molecule has 2 heterocycles. The number of benzene rings is 1. The molecule has 1 aromatic heterocycles. The topological polar surface area (TPSA) is 122 Å². The Morgan fingerprint density at radius 3 is 2.70 bits per heavy atom. The first-order chi connectivity index (χ1) is 11.0. The summed E-state index contributed by atoms with van der Waals surface area (Å²) in [6.45, 7) is 4.17. The number of anilines is 2. The molecule has 23 heavy (non-hydrogen) atoms. The van der Waals surface area contributed by atoms with Gasteiger partial charge in [0.05, 0.1) is 18.2 Å². The van der Waals surface area contributed by atoms with Crippen molar-refractivity contribution in [3.63, 3.8) is 0 Å². The van der Waals surface area contributed by atoms with Gasteiger partial charge in [0.15, 0.2) is 0 Å². The van der Waals surface area contributed by atoms with Crippen LogP contribution in [0.15, 0.2) is 36.7 Å². The van der Waals surface area contributed by atoms with E-state index in [1.54, 1.807) is 23.4 Å². The molecule has 114 valence electrons. The summed E-state index contributed by atoms with van der Waals surface area (Å²) in [4.78, 5) is 22.1. The molecule has 0 saturated carbocycles. The fraction of sp³-hybridized carbons (Fsp3) is 0.125. The number of carbonyl (C=O) groups is 1. The van der Waals surface area contributed by atoms with Gasteiger partial charge in [0.25, 0.3) is 5.91 Å². The van der Waals surface area contributed by atoms with Gasteiger partial charge >= 0.3 is 0 Å². The molecule has 0 aliphatic carbocycles. The molecular weight excluding hydrogens is 292 g/mol. The second kappa shape index (κ2) is 5.42. The largest absolute Gasteiger partial charge is 0.398 e. The van der Waals surface area contributed by atoms with E-state index >= 15 is 0 Å². The van der Waals surface area contributed by atoms with Crippen molar-refractivity contribution in [1.82, 2.24) is 14.9 Å². The second-order valence-corrected chi connectivity index (χ2v) is 5.26. The van der Waals surface area contributed by atoms with Crippen LogP contribution >= 0.6 is 0 Å². The summed E-state index contributed by atoms with van der Waals surface area (Å²) in [6.07, 6.45) is 3.21. The van der Waals surface area contributed by atoms with Crippen LogP contribution in [-0.2, 0) is 6.54 Å². The average Bonchev–Trinajstić information content (AvgIpc) is 2.86. The van der Waals surface area contributed by atoms with Crippen molar-refractivity contribution in [3.8, 4) is 17.2 Å². The maximum Gasteiger partial charge on any atom is 0.256 e. The predicted molar refractivity (Wildman–Crippen MR) is 85.8 cm³/mol. The highest BCUT2D eigenvalue weighted by Gasteiger charge is 2.32. The molecule has 1 aliphatic rings. The Balaban J connectivity index is 2.06. The van der Waals surface area contributed by atoms with E-state index in [1.807, 2.05) is 12.1 Å². The van der Waals surface area contributed by atoms with Gasteiger partial charge in [-0.1, -0.05) is 12.6 Å². The van der Waals surface area contributed by atoms with Gasteiger partial charge in [-0.3, -0.25) is 4.79 Å². The Labute approximate surface area is 132 Å². The SMILES string of the molecule is C=C(C#N)CN1Cc2c(-c3cnc(N)nc3)ccc(N)c2C1=O. The van der Waals surface area contributed by atoms with Crippen LogP contribution in [0.4, 0.5) is 11.6 Å². The number of carbonyl (C=O) groups excluding carboxylic acids is 1. The second-order valence-electron chi connectivity index (χ2n) is 5.26. The lowest BCUT2D eigenvalue weighted by Gasteiger charge is -2.14. The molecule has 7 heteroatoms. The quantitative estimate of drug-likeness (QED) is 0.652. The van der Waals surface area contributed by atoms with Gasteiger partial charge < -0.3 is 16.4 Å². The highest BCUT2D eigenvalue weighted by molar-refractivity contribution is 6.05. The number of nitrogen functional groups attached to an aromatic ring is 2. The van der Waals surface area contributed by atoms with Crippen LogP contribution in [-0.4, -0.2) is 27.3 Å². The van der Waals surface area contributed by atoms with Gasteiger partial charge in [0.2, 0.25) is 5.95 Å². The maximum absolute atomic E-state index is 12.6. The number of amides is 1. The van der Waals surface area contributed by atoms with Gasteiger partial charge in [-0.2, -0.15) is 5.26 Å². The van der Waals surface area contributed by atoms with E-state index in [-0.39, 0.29) is 18.4 Å². The van der Waals surface area contributed by atoms with E-state index in [0.717, 1.165) is 16.7 Å². The van der Waals surface area contributed by atoms with E-state index < -0.39 is 0 Å². The zero-order chi connectivity index (χ0) is 16.6. The number of nitrogens with zero attached hydrogens (tertiary/aromatic N) is 4. The molecule has 1 aliphatic heterocycles. The minimum absolute atomic E-state index is 0.182. The summed E-state index contributed by atoms with van der Waals surface area (Å²) in [5, 5.41) is 8.87. The van der Waals surface area contributed by atoms with Crippen molar-refractivity contribution >= 4 is 17.5 Å². The number of nitriles is 1. The van der Waals surface area contributed by atoms with Crippen molar-refractivity contribution < 1.29 is 4.79 Å². The Kier molecular flexibility index (Phi) is 3.43. The highest BCUT2D eigenvalue weighted by Crippen LogP contribution is 2.35. The third-order valence-electron chi connectivity index (χ3n) is 3.72. The van der Waals surface area contributed by atoms with Crippen molar-refractivity contribution in [2.24, 2.45) is 0 Å². The lowest BCUT2D eigenvalue weighted by atomic mass is 9.97. The molecule has 1 amide bonds. The third-order valence-corrected chi connectivity index (χ3v) is 3.72. The third kappa shape index (κ3) is 2.46.